The standard InChI is InChI=1S/Bi.Ca.Cu.2O.Sr.5H/q;+2;;;;+2;;4*-1. The molecular formula is H5BiCaCuO2Sr. The molecular weight excluding hydrogens is 432 g/mol. The summed E-state index contributed by atoms with van der Waals surface area (Å²) in [4.78, 5) is 0. The molecule has 6 heteroatoms. The van der Waals surface area contributed by atoms with Crippen LogP contribution < -0.4 is 0 Å². The molecule has 0 radical (unpaired) electrons. The summed E-state index contributed by atoms with van der Waals surface area (Å²) >= 11 is 2.99. The largest absolute Gasteiger partial charge is 2.00 e. The van der Waals surface area contributed by atoms with Crippen LogP contribution in [0.15, 0.2) is 0 Å². The van der Waals surface area contributed by atoms with Crippen LogP contribution >= 0.6 is 0 Å². The third-order valence-corrected chi connectivity index (χ3v) is 0. The molecule has 37 valence electrons. The van der Waals surface area contributed by atoms with E-state index < -0.39 is 0 Å². The van der Waals surface area contributed by atoms with Crippen LogP contribution in [0.25, 0.3) is 0 Å². The molecule has 0 atom stereocenters. The van der Waals surface area contributed by atoms with Gasteiger partial charge in [-0.1, -0.05) is 0 Å². The smallest absolute Gasteiger partial charge is 2.00 e. The molecule has 2 nitrogen and oxygen atoms in total. The van der Waals surface area contributed by atoms with Crippen molar-refractivity contribution in [1.82, 2.24) is 0 Å². The molecule has 0 spiro atoms. The second-order valence-corrected chi connectivity index (χ2v) is 0. The van der Waals surface area contributed by atoms with Gasteiger partial charge in [-0.15, -0.1) is 0 Å². The van der Waals surface area contributed by atoms with E-state index in [1.165, 1.54) is 0 Å². The minimum Gasteiger partial charge on any atom is 2.00 e. The summed E-state index contributed by atoms with van der Waals surface area (Å²) in [7, 11) is 0. The third kappa shape index (κ3) is 25.1. The molecule has 0 aliphatic heterocycles. The Morgan fingerprint density at radius 3 is 1.33 bits per heavy atom. The van der Waals surface area contributed by atoms with Crippen molar-refractivity contribution in [2.45, 2.75) is 0 Å². The van der Waals surface area contributed by atoms with E-state index in [0.29, 0.717) is 0 Å². The quantitative estimate of drug-likeness (QED) is 0.447. The van der Waals surface area contributed by atoms with E-state index >= 15 is 0 Å². The van der Waals surface area contributed by atoms with Crippen LogP contribution in [0, 0.1) is 0 Å². The normalized spacial score (nSPS) is 1.67. The maximum atomic E-state index is 8.39. The van der Waals surface area contributed by atoms with Gasteiger partial charge in [-0.25, -0.2) is 0 Å². The molecule has 0 aromatic heterocycles. The van der Waals surface area contributed by atoms with E-state index in [9.17, 15) is 0 Å². The van der Waals surface area contributed by atoms with Crippen molar-refractivity contribution < 1.29 is 28.3 Å². The first-order valence-corrected chi connectivity index (χ1v) is 2.30. The zero-order chi connectivity index (χ0) is 4.00. The molecule has 0 aromatic rings. The van der Waals surface area contributed by atoms with Gasteiger partial charge in [0.05, 0.1) is 0 Å². The van der Waals surface area contributed by atoms with Crippen molar-refractivity contribution in [3.63, 3.8) is 0 Å². The first-order chi connectivity index (χ1) is 2.00. The van der Waals surface area contributed by atoms with E-state index in [4.69, 9.17) is 6.65 Å². The maximum Gasteiger partial charge on any atom is 2.00 e. The Bertz CT molecular complexity index is 25.2. The molecule has 0 rings (SSSR count). The van der Waals surface area contributed by atoms with Gasteiger partial charge in [0.2, 0.25) is 0 Å². The van der Waals surface area contributed by atoms with Crippen molar-refractivity contribution in [2.24, 2.45) is 0 Å². The van der Waals surface area contributed by atoms with Crippen LogP contribution in [0.5, 0.6) is 0 Å². The molecule has 0 saturated heterocycles. The monoisotopic (exact) mass is 437 g/mol. The molecule has 0 aromatic carbocycles. The summed E-state index contributed by atoms with van der Waals surface area (Å²) in [6.45, 7) is 0. The predicted octanol–water partition coefficient (Wildman–Crippen LogP) is -1.20. The van der Waals surface area contributed by atoms with Crippen molar-refractivity contribution in [1.29, 1.82) is 0 Å². The van der Waals surface area contributed by atoms with Gasteiger partial charge in [-0.2, -0.15) is 0 Å². The second-order valence-electron chi connectivity index (χ2n) is 0. The van der Waals surface area contributed by atoms with Crippen LogP contribution in [0.1, 0.15) is 5.71 Å². The molecule has 0 N–H and O–H groups in total. The molecule has 0 saturated carbocycles. The maximum absolute atomic E-state index is 8.39. The fourth-order valence-corrected chi connectivity index (χ4v) is 0. The Morgan fingerprint density at radius 1 is 1.33 bits per heavy atom. The Morgan fingerprint density at radius 2 is 1.33 bits per heavy atom. The summed E-state index contributed by atoms with van der Waals surface area (Å²) < 4.78 is 16.2. The Hall–Kier alpha value is 3.74. The van der Waals surface area contributed by atoms with Crippen LogP contribution in [-0.4, -0.2) is 108 Å². The van der Waals surface area contributed by atoms with Gasteiger partial charge in [0, 0.05) is 0 Å². The first-order valence-electron chi connectivity index (χ1n) is 0.327. The van der Waals surface area contributed by atoms with Gasteiger partial charge in [0.15, 0.2) is 0 Å². The minimum atomic E-state index is 0. The van der Waals surface area contributed by atoms with E-state index in [2.05, 4.69) is 15.9 Å². The van der Waals surface area contributed by atoms with Crippen LogP contribution in [0.3, 0.4) is 0 Å². The molecule has 0 amide bonds. The van der Waals surface area contributed by atoms with E-state index in [-0.39, 0.29) is 114 Å². The SMILES string of the molecule is [Ca+2].[H-].[H-].[H-].[H-].[O]=[BiH].[O]=[Cu].[Sr+2]. The minimum absolute atomic E-state index is 0. The topological polar surface area (TPSA) is 34.1 Å². The zero-order valence-corrected chi connectivity index (χ0v) is 13.5. The number of hydrogen-bond donors (Lipinski definition) is 0. The van der Waals surface area contributed by atoms with Crippen molar-refractivity contribution in [3.8, 4) is 0 Å². The summed E-state index contributed by atoms with van der Waals surface area (Å²) in [6, 6.07) is 0. The van der Waals surface area contributed by atoms with Crippen molar-refractivity contribution in [2.75, 3.05) is 0 Å². The fraction of sp³-hybridized carbons (Fsp3) is 0. The number of rotatable bonds is 0. The van der Waals surface area contributed by atoms with Gasteiger partial charge in [0.1, 0.15) is 0 Å². The van der Waals surface area contributed by atoms with E-state index in [1.807, 2.05) is 0 Å². The summed E-state index contributed by atoms with van der Waals surface area (Å²) in [5.74, 6) is 0. The van der Waals surface area contributed by atoms with Gasteiger partial charge < -0.3 is 5.71 Å². The van der Waals surface area contributed by atoms with Crippen molar-refractivity contribution in [3.05, 3.63) is 0 Å². The predicted molar refractivity (Wildman–Crippen MR) is 24.5 cm³/mol. The summed E-state index contributed by atoms with van der Waals surface area (Å²) in [5, 5.41) is 0. The molecule has 6 heavy (non-hydrogen) atoms. The van der Waals surface area contributed by atoms with Gasteiger partial charge in [0.25, 0.3) is 0 Å². The fourth-order valence-electron chi connectivity index (χ4n) is 0. The molecule has 0 fully saturated rings. The van der Waals surface area contributed by atoms with Gasteiger partial charge in [-0.3, -0.25) is 0 Å². The van der Waals surface area contributed by atoms with Crippen LogP contribution in [-0.2, 0) is 22.6 Å². The Labute approximate surface area is 133 Å². The Kier molecular flexibility index (Phi) is 141. The average Bonchev–Trinajstić information content (AvgIpc) is 1.50. The second kappa shape index (κ2) is 37.4. The molecule has 0 aliphatic rings. The third-order valence-electron chi connectivity index (χ3n) is 0. The van der Waals surface area contributed by atoms with E-state index in [1.54, 1.807) is 0 Å². The van der Waals surface area contributed by atoms with Crippen molar-refractivity contribution >= 4 is 108 Å². The van der Waals surface area contributed by atoms with E-state index in [0.717, 1.165) is 0 Å². The number of hydrogen-bond acceptors (Lipinski definition) is 2. The molecule has 0 heterocycles. The van der Waals surface area contributed by atoms with Crippen LogP contribution in [0.4, 0.5) is 0 Å². The zero-order valence-electron chi connectivity index (χ0n) is 7.03. The summed E-state index contributed by atoms with van der Waals surface area (Å²) in [6.07, 6.45) is 0. The molecule has 0 unspecified atom stereocenters. The van der Waals surface area contributed by atoms with Gasteiger partial charge >= 0.3 is 131 Å². The average molecular weight is 437 g/mol. The summed E-state index contributed by atoms with van der Waals surface area (Å²) in [5.41, 5.74) is 0. The molecule has 0 aliphatic carbocycles. The molecule has 0 bridgehead atoms. The Balaban J connectivity index is -0.000000000833. The van der Waals surface area contributed by atoms with Gasteiger partial charge in [-0.05, 0) is 0 Å². The van der Waals surface area contributed by atoms with Crippen LogP contribution in [0.2, 0.25) is 0 Å². The first kappa shape index (κ1) is 22.6.